The zero-order valence-corrected chi connectivity index (χ0v) is 11.2. The van der Waals surface area contributed by atoms with Gasteiger partial charge in [-0.1, -0.05) is 28.9 Å². The lowest BCUT2D eigenvalue weighted by Crippen LogP contribution is -2.19. The Labute approximate surface area is 108 Å². The number of ether oxygens (including phenoxy) is 1. The van der Waals surface area contributed by atoms with Crippen LogP contribution in [0.4, 0.5) is 8.78 Å². The largest absolute Gasteiger partial charge is 0.378 e. The lowest BCUT2D eigenvalue weighted by Gasteiger charge is -2.22. The van der Waals surface area contributed by atoms with Gasteiger partial charge < -0.3 is 4.74 Å². The normalized spacial score (nSPS) is 26.1. The minimum atomic E-state index is -0.803. The third-order valence-electron chi connectivity index (χ3n) is 3.30. The Morgan fingerprint density at radius 1 is 1.41 bits per heavy atom. The molecule has 1 nitrogen and oxygen atoms in total. The van der Waals surface area contributed by atoms with Crippen LogP contribution < -0.4 is 0 Å². The van der Waals surface area contributed by atoms with E-state index in [-0.39, 0.29) is 10.9 Å². The number of halogens is 3. The molecule has 3 atom stereocenters. The van der Waals surface area contributed by atoms with E-state index in [0.717, 1.165) is 25.0 Å². The molecule has 1 aliphatic heterocycles. The van der Waals surface area contributed by atoms with Crippen molar-refractivity contribution in [3.63, 3.8) is 0 Å². The number of benzene rings is 1. The fraction of sp³-hybridized carbons (Fsp3) is 0.538. The van der Waals surface area contributed by atoms with Gasteiger partial charge in [0, 0.05) is 17.4 Å². The third kappa shape index (κ3) is 2.68. The summed E-state index contributed by atoms with van der Waals surface area (Å²) in [6, 6.07) is 4.07. The summed E-state index contributed by atoms with van der Waals surface area (Å²) in [6.07, 6.45) is 2.09. The van der Waals surface area contributed by atoms with Crippen molar-refractivity contribution < 1.29 is 13.5 Å². The lowest BCUT2D eigenvalue weighted by atomic mass is 9.92. The zero-order chi connectivity index (χ0) is 12.4. The van der Waals surface area contributed by atoms with Gasteiger partial charge in [0.15, 0.2) is 11.6 Å². The fourth-order valence-corrected chi connectivity index (χ4v) is 3.24. The molecule has 1 saturated heterocycles. The third-order valence-corrected chi connectivity index (χ3v) is 4.51. The molecule has 0 amide bonds. The molecule has 17 heavy (non-hydrogen) atoms. The highest BCUT2D eigenvalue weighted by atomic mass is 79.9. The molecular formula is C13H15BrF2O. The molecule has 0 aromatic heterocycles. The Balaban J connectivity index is 2.18. The summed E-state index contributed by atoms with van der Waals surface area (Å²) in [6.45, 7) is 2.82. The Kier molecular flexibility index (Phi) is 4.15. The second-order valence-electron chi connectivity index (χ2n) is 4.35. The van der Waals surface area contributed by atoms with Crippen LogP contribution in [0.5, 0.6) is 0 Å². The first-order valence-corrected chi connectivity index (χ1v) is 6.75. The molecule has 0 aliphatic carbocycles. The molecule has 0 spiro atoms. The second-order valence-corrected chi connectivity index (χ2v) is 5.33. The minimum absolute atomic E-state index is 0.0186. The van der Waals surface area contributed by atoms with E-state index < -0.39 is 11.6 Å². The van der Waals surface area contributed by atoms with Crippen LogP contribution in [-0.2, 0) is 4.74 Å². The predicted molar refractivity (Wildman–Crippen MR) is 66.2 cm³/mol. The maximum atomic E-state index is 13.2. The monoisotopic (exact) mass is 304 g/mol. The molecule has 1 aliphatic rings. The molecule has 94 valence electrons. The van der Waals surface area contributed by atoms with Crippen LogP contribution in [0.1, 0.15) is 30.2 Å². The molecule has 1 fully saturated rings. The Morgan fingerprint density at radius 2 is 2.18 bits per heavy atom. The summed E-state index contributed by atoms with van der Waals surface area (Å²) in [5.41, 5.74) is 0.776. The van der Waals surface area contributed by atoms with E-state index in [4.69, 9.17) is 4.74 Å². The van der Waals surface area contributed by atoms with Crippen LogP contribution in [0, 0.1) is 17.6 Å². The quantitative estimate of drug-likeness (QED) is 0.760. The summed E-state index contributed by atoms with van der Waals surface area (Å²) in [7, 11) is 0. The van der Waals surface area contributed by atoms with Crippen molar-refractivity contribution >= 4 is 15.9 Å². The van der Waals surface area contributed by atoms with Crippen molar-refractivity contribution in [2.24, 2.45) is 5.92 Å². The summed E-state index contributed by atoms with van der Waals surface area (Å²) in [4.78, 5) is 0.0186. The first kappa shape index (κ1) is 13.0. The molecule has 0 saturated carbocycles. The predicted octanol–water partition coefficient (Wildman–Crippen LogP) is 4.22. The van der Waals surface area contributed by atoms with E-state index in [9.17, 15) is 8.78 Å². The zero-order valence-electron chi connectivity index (χ0n) is 9.63. The summed E-state index contributed by atoms with van der Waals surface area (Å²) in [5, 5.41) is 0. The lowest BCUT2D eigenvalue weighted by molar-refractivity contribution is 0.0872. The molecule has 0 N–H and O–H groups in total. The van der Waals surface area contributed by atoms with Crippen molar-refractivity contribution in [1.82, 2.24) is 0 Å². The van der Waals surface area contributed by atoms with E-state index in [1.165, 1.54) is 12.1 Å². The van der Waals surface area contributed by atoms with Gasteiger partial charge in [-0.25, -0.2) is 8.78 Å². The summed E-state index contributed by atoms with van der Waals surface area (Å²) in [5.74, 6) is -1.27. The molecule has 0 radical (unpaired) electrons. The summed E-state index contributed by atoms with van der Waals surface area (Å²) >= 11 is 3.58. The van der Waals surface area contributed by atoms with Crippen molar-refractivity contribution in [1.29, 1.82) is 0 Å². The van der Waals surface area contributed by atoms with Gasteiger partial charge in [-0.05, 0) is 30.5 Å². The number of rotatable bonds is 3. The molecule has 1 heterocycles. The average Bonchev–Trinajstić information content (AvgIpc) is 2.80. The van der Waals surface area contributed by atoms with E-state index in [0.29, 0.717) is 5.92 Å². The fourth-order valence-electron chi connectivity index (χ4n) is 2.35. The first-order valence-electron chi connectivity index (χ1n) is 5.84. The maximum Gasteiger partial charge on any atom is 0.159 e. The van der Waals surface area contributed by atoms with Gasteiger partial charge >= 0.3 is 0 Å². The van der Waals surface area contributed by atoms with Gasteiger partial charge in [-0.2, -0.15) is 0 Å². The van der Waals surface area contributed by atoms with Gasteiger partial charge in [-0.15, -0.1) is 0 Å². The first-order chi connectivity index (χ1) is 8.13. The average molecular weight is 305 g/mol. The van der Waals surface area contributed by atoms with E-state index >= 15 is 0 Å². The van der Waals surface area contributed by atoms with Gasteiger partial charge in [0.25, 0.3) is 0 Å². The van der Waals surface area contributed by atoms with Crippen LogP contribution >= 0.6 is 15.9 Å². The number of hydrogen-bond acceptors (Lipinski definition) is 1. The van der Waals surface area contributed by atoms with Gasteiger partial charge in [0.2, 0.25) is 0 Å². The van der Waals surface area contributed by atoms with Crippen molar-refractivity contribution in [2.45, 2.75) is 30.7 Å². The second kappa shape index (κ2) is 5.44. The summed E-state index contributed by atoms with van der Waals surface area (Å²) < 4.78 is 31.7. The highest BCUT2D eigenvalue weighted by molar-refractivity contribution is 9.09. The molecule has 2 rings (SSSR count). The Morgan fingerprint density at radius 3 is 2.82 bits per heavy atom. The van der Waals surface area contributed by atoms with Gasteiger partial charge in [0.05, 0.1) is 6.10 Å². The SMILES string of the molecule is CCC1OCCC1C(Br)c1ccc(F)c(F)c1. The van der Waals surface area contributed by atoms with E-state index in [1.54, 1.807) is 6.07 Å². The Hall–Kier alpha value is -0.480. The van der Waals surface area contributed by atoms with E-state index in [1.807, 2.05) is 0 Å². The molecular weight excluding hydrogens is 290 g/mol. The van der Waals surface area contributed by atoms with Crippen molar-refractivity contribution in [3.8, 4) is 0 Å². The van der Waals surface area contributed by atoms with Crippen LogP contribution in [0.2, 0.25) is 0 Å². The molecule has 1 aromatic rings. The smallest absolute Gasteiger partial charge is 0.159 e. The maximum absolute atomic E-state index is 13.2. The number of alkyl halides is 1. The molecule has 0 bridgehead atoms. The van der Waals surface area contributed by atoms with Crippen LogP contribution in [-0.4, -0.2) is 12.7 Å². The van der Waals surface area contributed by atoms with Gasteiger partial charge in [-0.3, -0.25) is 0 Å². The number of hydrogen-bond donors (Lipinski definition) is 0. The standard InChI is InChI=1S/C13H15BrF2O/c1-2-12-9(5-6-17-12)13(14)8-3-4-10(15)11(16)7-8/h3-4,7,9,12-13H,2,5-6H2,1H3. The van der Waals surface area contributed by atoms with Crippen LogP contribution in [0.25, 0.3) is 0 Å². The van der Waals surface area contributed by atoms with Crippen LogP contribution in [0.3, 0.4) is 0 Å². The van der Waals surface area contributed by atoms with E-state index in [2.05, 4.69) is 22.9 Å². The molecule has 3 unspecified atom stereocenters. The van der Waals surface area contributed by atoms with Crippen molar-refractivity contribution in [3.05, 3.63) is 35.4 Å². The van der Waals surface area contributed by atoms with Gasteiger partial charge in [0.1, 0.15) is 0 Å². The highest BCUT2D eigenvalue weighted by Gasteiger charge is 2.33. The topological polar surface area (TPSA) is 9.23 Å². The van der Waals surface area contributed by atoms with Crippen molar-refractivity contribution in [2.75, 3.05) is 6.61 Å². The Bertz CT molecular complexity index is 397. The molecule has 4 heteroatoms. The molecule has 1 aromatic carbocycles. The minimum Gasteiger partial charge on any atom is -0.378 e. The van der Waals surface area contributed by atoms with Crippen LogP contribution in [0.15, 0.2) is 18.2 Å². The highest BCUT2D eigenvalue weighted by Crippen LogP contribution is 2.40.